The first-order valence-corrected chi connectivity index (χ1v) is 10.3. The predicted molar refractivity (Wildman–Crippen MR) is 115 cm³/mol. The number of likely N-dealkylation sites (tertiary alicyclic amines) is 1. The van der Waals surface area contributed by atoms with Gasteiger partial charge in [-0.25, -0.2) is 0 Å². The number of hydrogen-bond acceptors (Lipinski definition) is 5. The van der Waals surface area contributed by atoms with Crippen LogP contribution in [0.1, 0.15) is 37.8 Å². The zero-order valence-corrected chi connectivity index (χ0v) is 17.4. The fraction of sp³-hybridized carbons (Fsp3) is 0.476. The number of aliphatic imine (C=N–C) groups is 1. The Labute approximate surface area is 170 Å². The highest BCUT2D eigenvalue weighted by atomic mass is 32.1. The third kappa shape index (κ3) is 4.42. The molecule has 150 valence electrons. The quantitative estimate of drug-likeness (QED) is 0.597. The summed E-state index contributed by atoms with van der Waals surface area (Å²) >= 11 is 5.32. The second-order valence-corrected chi connectivity index (χ2v) is 7.45. The van der Waals surface area contributed by atoms with Crippen molar-refractivity contribution in [2.24, 2.45) is 4.99 Å². The van der Waals surface area contributed by atoms with Crippen molar-refractivity contribution in [3.63, 3.8) is 0 Å². The molecule has 1 aromatic carbocycles. The maximum atomic E-state index is 12.7. The molecule has 0 radical (unpaired) electrons. The normalized spacial score (nSPS) is 16.1. The molecule has 1 saturated heterocycles. The van der Waals surface area contributed by atoms with Gasteiger partial charge in [-0.2, -0.15) is 0 Å². The minimum Gasteiger partial charge on any atom is -0.494 e. The Kier molecular flexibility index (Phi) is 6.80. The van der Waals surface area contributed by atoms with E-state index in [0.717, 1.165) is 32.5 Å². The van der Waals surface area contributed by atoms with Gasteiger partial charge in [0.1, 0.15) is 5.56 Å². The Morgan fingerprint density at radius 1 is 1.14 bits per heavy atom. The maximum Gasteiger partial charge on any atom is 0.267 e. The molecule has 0 unspecified atom stereocenters. The van der Waals surface area contributed by atoms with E-state index in [9.17, 15) is 9.90 Å². The van der Waals surface area contributed by atoms with Gasteiger partial charge >= 0.3 is 0 Å². The molecule has 1 aliphatic rings. The topological polar surface area (TPSA) is 62.8 Å². The number of piperidine rings is 1. The van der Waals surface area contributed by atoms with Crippen LogP contribution in [0.3, 0.4) is 0 Å². The van der Waals surface area contributed by atoms with Crippen LogP contribution in [-0.4, -0.2) is 44.5 Å². The van der Waals surface area contributed by atoms with Crippen LogP contribution < -0.4 is 5.56 Å². The van der Waals surface area contributed by atoms with Gasteiger partial charge in [-0.05, 0) is 44.5 Å². The fourth-order valence-corrected chi connectivity index (χ4v) is 4.06. The molecule has 1 aliphatic heterocycles. The monoisotopic (exact) mass is 400 g/mol. The zero-order valence-electron chi connectivity index (χ0n) is 16.5. The molecule has 0 bridgehead atoms. The van der Waals surface area contributed by atoms with Gasteiger partial charge in [-0.3, -0.25) is 23.8 Å². The number of nitrogens with zero attached hydrogens (tertiary/aromatic N) is 4. The van der Waals surface area contributed by atoms with E-state index in [2.05, 4.69) is 34.2 Å². The first-order chi connectivity index (χ1) is 13.5. The van der Waals surface area contributed by atoms with Crippen LogP contribution in [-0.2, 0) is 19.6 Å². The smallest absolute Gasteiger partial charge is 0.267 e. The molecule has 0 spiro atoms. The van der Waals surface area contributed by atoms with Crippen molar-refractivity contribution >= 4 is 18.4 Å². The Bertz CT molecular complexity index is 941. The predicted octanol–water partition coefficient (Wildman–Crippen LogP) is 3.21. The highest BCUT2D eigenvalue weighted by molar-refractivity contribution is 7.71. The van der Waals surface area contributed by atoms with Gasteiger partial charge in [0, 0.05) is 38.9 Å². The van der Waals surface area contributed by atoms with E-state index in [0.29, 0.717) is 17.9 Å². The van der Waals surface area contributed by atoms with Crippen LogP contribution in [0.25, 0.3) is 0 Å². The SMILES string of the molecule is CCn1c(O)c(C=NC2CCN(Cc3ccccc3)CC2)c(=O)n(CC)c1=S. The van der Waals surface area contributed by atoms with Crippen LogP contribution in [0.4, 0.5) is 0 Å². The first kappa shape index (κ1) is 20.5. The van der Waals surface area contributed by atoms with E-state index in [1.807, 2.05) is 19.9 Å². The summed E-state index contributed by atoms with van der Waals surface area (Å²) in [6.07, 6.45) is 3.43. The van der Waals surface area contributed by atoms with Crippen molar-refractivity contribution in [1.29, 1.82) is 0 Å². The minimum absolute atomic E-state index is 0.0903. The van der Waals surface area contributed by atoms with E-state index >= 15 is 0 Å². The van der Waals surface area contributed by atoms with Crippen molar-refractivity contribution in [2.45, 2.75) is 52.4 Å². The summed E-state index contributed by atoms with van der Waals surface area (Å²) in [6.45, 7) is 7.64. The molecule has 0 aliphatic carbocycles. The van der Waals surface area contributed by atoms with Crippen LogP contribution in [0.15, 0.2) is 40.1 Å². The summed E-state index contributed by atoms with van der Waals surface area (Å²) < 4.78 is 3.42. The van der Waals surface area contributed by atoms with Gasteiger partial charge < -0.3 is 5.11 Å². The molecule has 0 amide bonds. The molecule has 2 aromatic rings. The molecule has 2 heterocycles. The number of aromatic nitrogens is 2. The Hall–Kier alpha value is -2.25. The van der Waals surface area contributed by atoms with Gasteiger partial charge in [-0.15, -0.1) is 0 Å². The van der Waals surface area contributed by atoms with Crippen LogP contribution in [0.5, 0.6) is 5.88 Å². The summed E-state index contributed by atoms with van der Waals surface area (Å²) in [6, 6.07) is 10.6. The number of hydrogen-bond donors (Lipinski definition) is 1. The summed E-state index contributed by atoms with van der Waals surface area (Å²) in [5, 5.41) is 10.5. The van der Waals surface area contributed by atoms with Crippen LogP contribution >= 0.6 is 12.2 Å². The molecule has 7 heteroatoms. The van der Waals surface area contributed by atoms with Gasteiger partial charge in [0.05, 0.1) is 6.04 Å². The third-order valence-electron chi connectivity index (χ3n) is 5.29. The molecule has 1 fully saturated rings. The number of aromatic hydroxyl groups is 1. The standard InChI is InChI=1S/C21H28N4O2S/c1-3-24-19(26)18(20(27)25(4-2)21(24)28)14-22-17-10-12-23(13-11-17)15-16-8-6-5-7-9-16/h5-9,14,17,26H,3-4,10-13,15H2,1-2H3. The molecular formula is C21H28N4O2S. The zero-order chi connectivity index (χ0) is 20.1. The molecule has 1 N–H and O–H groups in total. The lowest BCUT2D eigenvalue weighted by Gasteiger charge is -2.30. The van der Waals surface area contributed by atoms with Crippen LogP contribution in [0, 0.1) is 4.77 Å². The van der Waals surface area contributed by atoms with Gasteiger partial charge in [0.25, 0.3) is 5.56 Å². The van der Waals surface area contributed by atoms with E-state index in [4.69, 9.17) is 12.2 Å². The number of rotatable bonds is 6. The molecule has 6 nitrogen and oxygen atoms in total. The maximum absolute atomic E-state index is 12.7. The second-order valence-electron chi connectivity index (χ2n) is 7.08. The first-order valence-electron chi connectivity index (χ1n) is 9.91. The average Bonchev–Trinajstić information content (AvgIpc) is 2.70. The van der Waals surface area contributed by atoms with Crippen molar-refractivity contribution in [1.82, 2.24) is 14.0 Å². The Morgan fingerprint density at radius 3 is 2.39 bits per heavy atom. The van der Waals surface area contributed by atoms with E-state index < -0.39 is 0 Å². The lowest BCUT2D eigenvalue weighted by Crippen LogP contribution is -2.35. The van der Waals surface area contributed by atoms with E-state index in [1.165, 1.54) is 10.1 Å². The van der Waals surface area contributed by atoms with Crippen LogP contribution in [0.2, 0.25) is 0 Å². The summed E-state index contributed by atoms with van der Waals surface area (Å²) in [4.78, 5) is 19.7. The summed E-state index contributed by atoms with van der Waals surface area (Å²) in [5.41, 5.74) is 1.27. The fourth-order valence-electron chi connectivity index (χ4n) is 3.63. The molecule has 3 rings (SSSR count). The Balaban J connectivity index is 1.70. The van der Waals surface area contributed by atoms with Gasteiger partial charge in [-0.1, -0.05) is 30.3 Å². The van der Waals surface area contributed by atoms with Crippen molar-refractivity contribution < 1.29 is 5.11 Å². The molecule has 0 saturated carbocycles. The largest absolute Gasteiger partial charge is 0.494 e. The highest BCUT2D eigenvalue weighted by Gasteiger charge is 2.19. The van der Waals surface area contributed by atoms with Crippen molar-refractivity contribution in [3.05, 3.63) is 56.6 Å². The van der Waals surface area contributed by atoms with Crippen molar-refractivity contribution in [2.75, 3.05) is 13.1 Å². The minimum atomic E-state index is -0.278. The van der Waals surface area contributed by atoms with Gasteiger partial charge in [0.2, 0.25) is 5.88 Å². The number of benzene rings is 1. The van der Waals surface area contributed by atoms with E-state index in [-0.39, 0.29) is 23.0 Å². The van der Waals surface area contributed by atoms with E-state index in [1.54, 1.807) is 10.8 Å². The van der Waals surface area contributed by atoms with Gasteiger partial charge in [0.15, 0.2) is 4.77 Å². The lowest BCUT2D eigenvalue weighted by atomic mass is 10.0. The van der Waals surface area contributed by atoms with Crippen molar-refractivity contribution in [3.8, 4) is 5.88 Å². The summed E-state index contributed by atoms with van der Waals surface area (Å²) in [7, 11) is 0. The molecule has 0 atom stereocenters. The highest BCUT2D eigenvalue weighted by Crippen LogP contribution is 2.18. The summed E-state index contributed by atoms with van der Waals surface area (Å²) in [5.74, 6) is -0.0903. The Morgan fingerprint density at radius 2 is 1.79 bits per heavy atom. The second kappa shape index (κ2) is 9.30. The molecule has 28 heavy (non-hydrogen) atoms. The third-order valence-corrected chi connectivity index (χ3v) is 5.73. The lowest BCUT2D eigenvalue weighted by molar-refractivity contribution is 0.206. The average molecular weight is 401 g/mol. The molecular weight excluding hydrogens is 372 g/mol. The molecule has 1 aromatic heterocycles.